The lowest BCUT2D eigenvalue weighted by Gasteiger charge is -2.29. The minimum atomic E-state index is -0.551. The molecule has 0 bridgehead atoms. The van der Waals surface area contributed by atoms with E-state index in [1.807, 2.05) is 67.6 Å². The van der Waals surface area contributed by atoms with E-state index in [0.717, 1.165) is 10.5 Å². The van der Waals surface area contributed by atoms with E-state index in [1.165, 1.54) is 16.7 Å². The van der Waals surface area contributed by atoms with Crippen molar-refractivity contribution in [3.63, 3.8) is 0 Å². The van der Waals surface area contributed by atoms with Gasteiger partial charge in [0.15, 0.2) is 5.11 Å². The maximum absolute atomic E-state index is 13.5. The van der Waals surface area contributed by atoms with E-state index in [9.17, 15) is 9.59 Å². The number of aryl methyl sites for hydroxylation is 1. The molecular formula is C29H21N3O3S2. The van der Waals surface area contributed by atoms with Crippen molar-refractivity contribution in [1.82, 2.24) is 10.3 Å². The summed E-state index contributed by atoms with van der Waals surface area (Å²) in [5.74, 6) is 0.248. The molecule has 8 heteroatoms. The highest BCUT2D eigenvalue weighted by Gasteiger charge is 2.34. The average molecular weight is 524 g/mol. The number of hydrogen-bond donors (Lipinski definition) is 1. The predicted molar refractivity (Wildman–Crippen MR) is 149 cm³/mol. The van der Waals surface area contributed by atoms with Crippen LogP contribution in [0.3, 0.4) is 0 Å². The number of anilines is 1. The Balaban J connectivity index is 1.41. The molecule has 0 unspecified atom stereocenters. The van der Waals surface area contributed by atoms with Gasteiger partial charge in [-0.15, -0.1) is 0 Å². The van der Waals surface area contributed by atoms with Crippen LogP contribution in [0, 0.1) is 6.92 Å². The first kappa shape index (κ1) is 24.4. The molecule has 0 aliphatic carbocycles. The SMILES string of the molecule is Cc1ccc(Sc2ncccc2C=C2C(=O)NC(=S)N(c3ccc(Oc4ccccc4)cc3)C2=O)cc1. The van der Waals surface area contributed by atoms with Crippen LogP contribution in [0.25, 0.3) is 6.08 Å². The zero-order valence-electron chi connectivity index (χ0n) is 19.8. The van der Waals surface area contributed by atoms with Gasteiger partial charge in [-0.2, -0.15) is 0 Å². The summed E-state index contributed by atoms with van der Waals surface area (Å²) in [5.41, 5.74) is 2.30. The number of nitrogens with one attached hydrogen (secondary N) is 1. The van der Waals surface area contributed by atoms with Crippen molar-refractivity contribution in [2.24, 2.45) is 0 Å². The summed E-state index contributed by atoms with van der Waals surface area (Å²) in [6, 6.07) is 28.0. The summed E-state index contributed by atoms with van der Waals surface area (Å²) in [5, 5.41) is 3.33. The number of carbonyl (C=O) groups excluding carboxylic acids is 2. The molecule has 0 spiro atoms. The Morgan fingerprint density at radius 1 is 0.892 bits per heavy atom. The Hall–Kier alpha value is -4.27. The first-order valence-corrected chi connectivity index (χ1v) is 12.6. The fourth-order valence-corrected chi connectivity index (χ4v) is 4.79. The van der Waals surface area contributed by atoms with Gasteiger partial charge in [0.25, 0.3) is 11.8 Å². The van der Waals surface area contributed by atoms with E-state index in [0.29, 0.717) is 27.8 Å². The van der Waals surface area contributed by atoms with Gasteiger partial charge in [0.2, 0.25) is 0 Å². The first-order chi connectivity index (χ1) is 18.0. The molecule has 1 N–H and O–H groups in total. The van der Waals surface area contributed by atoms with Crippen LogP contribution in [0.2, 0.25) is 0 Å². The van der Waals surface area contributed by atoms with Gasteiger partial charge in [-0.05, 0) is 79.8 Å². The molecule has 0 saturated carbocycles. The standard InChI is InChI=1S/C29H21N3O3S2/c1-19-9-15-24(16-10-19)37-27-20(6-5-17-30-27)18-25-26(33)31-29(36)32(28(25)34)21-11-13-23(14-12-21)35-22-7-3-2-4-8-22/h2-18H,1H3,(H,31,33,36). The van der Waals surface area contributed by atoms with E-state index in [-0.39, 0.29) is 10.7 Å². The minimum Gasteiger partial charge on any atom is -0.457 e. The van der Waals surface area contributed by atoms with Crippen molar-refractivity contribution < 1.29 is 14.3 Å². The summed E-state index contributed by atoms with van der Waals surface area (Å²) in [6.07, 6.45) is 3.24. The van der Waals surface area contributed by atoms with E-state index in [4.69, 9.17) is 17.0 Å². The number of pyridine rings is 1. The molecule has 5 rings (SSSR count). The van der Waals surface area contributed by atoms with Gasteiger partial charge < -0.3 is 4.74 Å². The number of rotatable bonds is 6. The minimum absolute atomic E-state index is 0.0179. The van der Waals surface area contributed by atoms with Crippen molar-refractivity contribution in [3.8, 4) is 11.5 Å². The molecule has 4 aromatic rings. The van der Waals surface area contributed by atoms with Crippen LogP contribution in [-0.2, 0) is 9.59 Å². The lowest BCUT2D eigenvalue weighted by molar-refractivity contribution is -0.122. The summed E-state index contributed by atoms with van der Waals surface area (Å²) in [7, 11) is 0. The highest BCUT2D eigenvalue weighted by atomic mass is 32.2. The molecule has 0 atom stereocenters. The topological polar surface area (TPSA) is 71.5 Å². The van der Waals surface area contributed by atoms with Gasteiger partial charge in [0.1, 0.15) is 22.1 Å². The maximum atomic E-state index is 13.5. The molecule has 1 aromatic heterocycles. The summed E-state index contributed by atoms with van der Waals surface area (Å²) >= 11 is 6.80. The number of nitrogens with zero attached hydrogens (tertiary/aromatic N) is 2. The van der Waals surface area contributed by atoms with Crippen LogP contribution in [0.5, 0.6) is 11.5 Å². The van der Waals surface area contributed by atoms with Crippen LogP contribution < -0.4 is 15.0 Å². The Morgan fingerprint density at radius 3 is 2.32 bits per heavy atom. The number of hydrogen-bond acceptors (Lipinski definition) is 6. The van der Waals surface area contributed by atoms with Crippen LogP contribution in [-0.4, -0.2) is 21.9 Å². The molecule has 1 aliphatic rings. The number of thiocarbonyl (C=S) groups is 1. The van der Waals surface area contributed by atoms with Crippen molar-refractivity contribution in [3.05, 3.63) is 114 Å². The molecule has 2 amide bonds. The van der Waals surface area contributed by atoms with E-state index in [1.54, 1.807) is 42.6 Å². The molecule has 182 valence electrons. The highest BCUT2D eigenvalue weighted by Crippen LogP contribution is 2.31. The monoisotopic (exact) mass is 523 g/mol. The Labute approximate surface area is 224 Å². The largest absolute Gasteiger partial charge is 0.457 e. The van der Waals surface area contributed by atoms with Crippen molar-refractivity contribution in [1.29, 1.82) is 0 Å². The quantitative estimate of drug-likeness (QED) is 0.185. The van der Waals surface area contributed by atoms with Crippen LogP contribution in [0.15, 0.2) is 113 Å². The van der Waals surface area contributed by atoms with Gasteiger partial charge in [0.05, 0.1) is 5.69 Å². The molecule has 37 heavy (non-hydrogen) atoms. The molecule has 6 nitrogen and oxygen atoms in total. The molecule has 2 heterocycles. The number of amides is 2. The van der Waals surface area contributed by atoms with Gasteiger partial charge in [0, 0.05) is 16.7 Å². The molecule has 1 fully saturated rings. The summed E-state index contributed by atoms with van der Waals surface area (Å²) in [4.78, 5) is 33.1. The van der Waals surface area contributed by atoms with Gasteiger partial charge in [-0.1, -0.05) is 53.7 Å². The lowest BCUT2D eigenvalue weighted by atomic mass is 10.1. The Kier molecular flexibility index (Phi) is 7.11. The van der Waals surface area contributed by atoms with Gasteiger partial charge in [-0.3, -0.25) is 19.8 Å². The van der Waals surface area contributed by atoms with E-state index < -0.39 is 11.8 Å². The summed E-state index contributed by atoms with van der Waals surface area (Å²) < 4.78 is 5.83. The van der Waals surface area contributed by atoms with E-state index >= 15 is 0 Å². The van der Waals surface area contributed by atoms with Crippen molar-refractivity contribution in [2.45, 2.75) is 16.8 Å². The molecule has 1 saturated heterocycles. The second-order valence-corrected chi connectivity index (χ2v) is 9.63. The fourth-order valence-electron chi connectivity index (χ4n) is 3.65. The normalized spacial score (nSPS) is 14.6. The molecule has 1 aliphatic heterocycles. The zero-order chi connectivity index (χ0) is 25.8. The maximum Gasteiger partial charge on any atom is 0.270 e. The van der Waals surface area contributed by atoms with Gasteiger partial charge >= 0.3 is 0 Å². The molecule has 0 radical (unpaired) electrons. The highest BCUT2D eigenvalue weighted by molar-refractivity contribution is 7.99. The van der Waals surface area contributed by atoms with Gasteiger partial charge in [-0.25, -0.2) is 4.98 Å². The summed E-state index contributed by atoms with van der Waals surface area (Å²) in [6.45, 7) is 2.03. The fraction of sp³-hybridized carbons (Fsp3) is 0.0345. The lowest BCUT2D eigenvalue weighted by Crippen LogP contribution is -2.54. The van der Waals surface area contributed by atoms with Crippen molar-refractivity contribution in [2.75, 3.05) is 4.90 Å². The van der Waals surface area contributed by atoms with Crippen molar-refractivity contribution >= 4 is 52.7 Å². The third-order valence-corrected chi connectivity index (χ3v) is 6.84. The Bertz CT molecular complexity index is 1500. The van der Waals surface area contributed by atoms with Crippen LogP contribution in [0.4, 0.5) is 5.69 Å². The zero-order valence-corrected chi connectivity index (χ0v) is 21.4. The predicted octanol–water partition coefficient (Wildman–Crippen LogP) is 6.16. The molecule has 3 aromatic carbocycles. The number of aromatic nitrogens is 1. The van der Waals surface area contributed by atoms with Crippen LogP contribution >= 0.6 is 24.0 Å². The number of ether oxygens (including phenoxy) is 1. The van der Waals surface area contributed by atoms with E-state index in [2.05, 4.69) is 10.3 Å². The number of para-hydroxylation sites is 1. The Morgan fingerprint density at radius 2 is 1.59 bits per heavy atom. The van der Waals surface area contributed by atoms with Crippen LogP contribution in [0.1, 0.15) is 11.1 Å². The second-order valence-electron chi connectivity index (χ2n) is 8.18. The molecular weight excluding hydrogens is 502 g/mol. The third-order valence-electron chi connectivity index (χ3n) is 5.51. The average Bonchev–Trinajstić information content (AvgIpc) is 2.90. The smallest absolute Gasteiger partial charge is 0.270 e. The first-order valence-electron chi connectivity index (χ1n) is 11.4. The number of carbonyl (C=O) groups is 2. The third kappa shape index (κ3) is 5.61. The second kappa shape index (κ2) is 10.8. The number of benzene rings is 3.